The number of nitrogens with one attached hydrogen (secondary N) is 1. The van der Waals surface area contributed by atoms with Crippen LogP contribution in [0, 0.1) is 0 Å². The summed E-state index contributed by atoms with van der Waals surface area (Å²) in [6, 6.07) is 3.66. The van der Waals surface area contributed by atoms with Crippen molar-refractivity contribution in [3.8, 4) is 0 Å². The number of aromatic nitrogens is 1. The Bertz CT molecular complexity index is 297. The molecule has 0 saturated carbocycles. The average molecular weight is 193 g/mol. The summed E-state index contributed by atoms with van der Waals surface area (Å²) in [7, 11) is 0. The van der Waals surface area contributed by atoms with Crippen molar-refractivity contribution in [3.63, 3.8) is 0 Å². The van der Waals surface area contributed by atoms with E-state index in [-0.39, 0.29) is 0 Å². The lowest BCUT2D eigenvalue weighted by Crippen LogP contribution is -2.19. The minimum absolute atomic E-state index is 0.316. The molecule has 1 aliphatic heterocycles. The number of pyridine rings is 1. The zero-order chi connectivity index (χ0) is 9.80. The minimum atomic E-state index is 0.316. The van der Waals surface area contributed by atoms with Gasteiger partial charge in [0.15, 0.2) is 0 Å². The Labute approximate surface area is 83.5 Å². The first-order valence-electron chi connectivity index (χ1n) is 4.92. The second-order valence-corrected chi connectivity index (χ2v) is 3.46. The van der Waals surface area contributed by atoms with Crippen LogP contribution in [0.1, 0.15) is 12.8 Å². The predicted octanol–water partition coefficient (Wildman–Crippen LogP) is 1.25. The SMILES string of the molecule is Nc1cccnc1NC[C@H]1CCCO1. The highest BCUT2D eigenvalue weighted by atomic mass is 16.5. The fourth-order valence-corrected chi connectivity index (χ4v) is 1.58. The molecule has 2 heterocycles. The van der Waals surface area contributed by atoms with Gasteiger partial charge in [0.25, 0.3) is 0 Å². The molecule has 2 rings (SSSR count). The van der Waals surface area contributed by atoms with Crippen LogP contribution in [-0.4, -0.2) is 24.2 Å². The van der Waals surface area contributed by atoms with E-state index in [4.69, 9.17) is 10.5 Å². The first kappa shape index (κ1) is 9.27. The monoisotopic (exact) mass is 193 g/mol. The van der Waals surface area contributed by atoms with E-state index in [9.17, 15) is 0 Å². The number of hydrogen-bond donors (Lipinski definition) is 2. The fraction of sp³-hybridized carbons (Fsp3) is 0.500. The van der Waals surface area contributed by atoms with Gasteiger partial charge in [0.05, 0.1) is 11.8 Å². The summed E-state index contributed by atoms with van der Waals surface area (Å²) in [4.78, 5) is 4.15. The van der Waals surface area contributed by atoms with Crippen molar-refractivity contribution in [3.05, 3.63) is 18.3 Å². The van der Waals surface area contributed by atoms with E-state index in [2.05, 4.69) is 10.3 Å². The van der Waals surface area contributed by atoms with Gasteiger partial charge >= 0.3 is 0 Å². The Kier molecular flexibility index (Phi) is 2.84. The smallest absolute Gasteiger partial charge is 0.149 e. The summed E-state index contributed by atoms with van der Waals surface area (Å²) in [5.41, 5.74) is 6.43. The summed E-state index contributed by atoms with van der Waals surface area (Å²) in [5.74, 6) is 0.753. The van der Waals surface area contributed by atoms with E-state index < -0.39 is 0 Å². The molecule has 76 valence electrons. The van der Waals surface area contributed by atoms with E-state index in [1.54, 1.807) is 6.20 Å². The molecule has 0 aliphatic carbocycles. The molecule has 4 nitrogen and oxygen atoms in total. The van der Waals surface area contributed by atoms with Gasteiger partial charge < -0.3 is 15.8 Å². The van der Waals surface area contributed by atoms with Gasteiger partial charge in [-0.3, -0.25) is 0 Å². The standard InChI is InChI=1S/C10H15N3O/c11-9-4-1-5-12-10(9)13-7-8-3-2-6-14-8/h1,4-5,8H,2-3,6-7,11H2,(H,12,13)/t8-/m1/s1. The highest BCUT2D eigenvalue weighted by molar-refractivity contribution is 5.60. The van der Waals surface area contributed by atoms with Gasteiger partial charge in [-0.2, -0.15) is 0 Å². The molecular formula is C10H15N3O. The second kappa shape index (κ2) is 4.28. The molecule has 0 bridgehead atoms. The predicted molar refractivity (Wildman–Crippen MR) is 56.1 cm³/mol. The van der Waals surface area contributed by atoms with Gasteiger partial charge in [0.2, 0.25) is 0 Å². The van der Waals surface area contributed by atoms with E-state index >= 15 is 0 Å². The van der Waals surface area contributed by atoms with Crippen LogP contribution in [0.15, 0.2) is 18.3 Å². The van der Waals surface area contributed by atoms with Crippen molar-refractivity contribution in [2.24, 2.45) is 0 Å². The zero-order valence-electron chi connectivity index (χ0n) is 8.07. The van der Waals surface area contributed by atoms with Crippen LogP contribution in [0.4, 0.5) is 11.5 Å². The van der Waals surface area contributed by atoms with Gasteiger partial charge in [0, 0.05) is 19.3 Å². The molecule has 0 spiro atoms. The van der Waals surface area contributed by atoms with Crippen LogP contribution < -0.4 is 11.1 Å². The maximum Gasteiger partial charge on any atom is 0.149 e. The van der Waals surface area contributed by atoms with Crippen LogP contribution in [0.3, 0.4) is 0 Å². The van der Waals surface area contributed by atoms with E-state index in [1.165, 1.54) is 0 Å². The Balaban J connectivity index is 1.88. The lowest BCUT2D eigenvalue weighted by Gasteiger charge is -2.12. The molecule has 3 N–H and O–H groups in total. The largest absolute Gasteiger partial charge is 0.396 e. The van der Waals surface area contributed by atoms with E-state index in [0.29, 0.717) is 11.8 Å². The number of ether oxygens (including phenoxy) is 1. The Hall–Kier alpha value is -1.29. The van der Waals surface area contributed by atoms with Crippen LogP contribution >= 0.6 is 0 Å². The summed E-state index contributed by atoms with van der Waals surface area (Å²) in [6.07, 6.45) is 4.33. The number of anilines is 2. The molecule has 0 aromatic carbocycles. The maximum atomic E-state index is 5.74. The highest BCUT2D eigenvalue weighted by Gasteiger charge is 2.15. The fourth-order valence-electron chi connectivity index (χ4n) is 1.58. The number of hydrogen-bond acceptors (Lipinski definition) is 4. The first-order chi connectivity index (χ1) is 6.86. The molecular weight excluding hydrogens is 178 g/mol. The quantitative estimate of drug-likeness (QED) is 0.758. The summed E-state index contributed by atoms with van der Waals surface area (Å²) >= 11 is 0. The molecule has 1 atom stereocenters. The second-order valence-electron chi connectivity index (χ2n) is 3.46. The van der Waals surface area contributed by atoms with Crippen molar-refractivity contribution < 1.29 is 4.74 Å². The van der Waals surface area contributed by atoms with Crippen LogP contribution in [0.2, 0.25) is 0 Å². The summed E-state index contributed by atoms with van der Waals surface area (Å²) in [6.45, 7) is 1.67. The zero-order valence-corrected chi connectivity index (χ0v) is 8.07. The lowest BCUT2D eigenvalue weighted by atomic mass is 10.2. The number of nitrogen functional groups attached to an aromatic ring is 1. The Morgan fingerprint density at radius 1 is 1.64 bits per heavy atom. The minimum Gasteiger partial charge on any atom is -0.396 e. The molecule has 14 heavy (non-hydrogen) atoms. The lowest BCUT2D eigenvalue weighted by molar-refractivity contribution is 0.120. The van der Waals surface area contributed by atoms with Crippen molar-refractivity contribution >= 4 is 11.5 Å². The Morgan fingerprint density at radius 2 is 2.57 bits per heavy atom. The van der Waals surface area contributed by atoms with Gasteiger partial charge in [-0.1, -0.05) is 0 Å². The van der Waals surface area contributed by atoms with Crippen molar-refractivity contribution in [2.75, 3.05) is 24.2 Å². The highest BCUT2D eigenvalue weighted by Crippen LogP contribution is 2.16. The van der Waals surface area contributed by atoms with E-state index in [1.807, 2.05) is 12.1 Å². The van der Waals surface area contributed by atoms with Crippen LogP contribution in [0.5, 0.6) is 0 Å². The first-order valence-corrected chi connectivity index (χ1v) is 4.92. The summed E-state index contributed by atoms with van der Waals surface area (Å²) in [5, 5.41) is 3.19. The third-order valence-corrected chi connectivity index (χ3v) is 2.36. The molecule has 1 aliphatic rings. The maximum absolute atomic E-state index is 5.74. The molecule has 1 saturated heterocycles. The Morgan fingerprint density at radius 3 is 3.29 bits per heavy atom. The number of nitrogens with zero attached hydrogens (tertiary/aromatic N) is 1. The summed E-state index contributed by atoms with van der Waals surface area (Å²) < 4.78 is 5.48. The molecule has 1 aromatic rings. The molecule has 0 unspecified atom stereocenters. The third-order valence-electron chi connectivity index (χ3n) is 2.36. The third kappa shape index (κ3) is 2.14. The normalized spacial score (nSPS) is 21.0. The van der Waals surface area contributed by atoms with Gasteiger partial charge in [-0.05, 0) is 25.0 Å². The number of rotatable bonds is 3. The van der Waals surface area contributed by atoms with Crippen LogP contribution in [0.25, 0.3) is 0 Å². The molecule has 1 fully saturated rings. The molecule has 0 amide bonds. The molecule has 1 aromatic heterocycles. The topological polar surface area (TPSA) is 60.2 Å². The van der Waals surface area contributed by atoms with Crippen molar-refractivity contribution in [1.29, 1.82) is 0 Å². The van der Waals surface area contributed by atoms with E-state index in [0.717, 1.165) is 31.8 Å². The van der Waals surface area contributed by atoms with Crippen LogP contribution in [-0.2, 0) is 4.74 Å². The van der Waals surface area contributed by atoms with Gasteiger partial charge in [-0.25, -0.2) is 4.98 Å². The van der Waals surface area contributed by atoms with Crippen molar-refractivity contribution in [1.82, 2.24) is 4.98 Å². The molecule has 4 heteroatoms. The van der Waals surface area contributed by atoms with Crippen molar-refractivity contribution in [2.45, 2.75) is 18.9 Å². The number of nitrogens with two attached hydrogens (primary N) is 1. The van der Waals surface area contributed by atoms with Gasteiger partial charge in [0.1, 0.15) is 5.82 Å². The molecule has 0 radical (unpaired) electrons. The van der Waals surface area contributed by atoms with Gasteiger partial charge in [-0.15, -0.1) is 0 Å². The average Bonchev–Trinajstić information content (AvgIpc) is 2.69.